The van der Waals surface area contributed by atoms with Gasteiger partial charge in [0.15, 0.2) is 6.61 Å². The van der Waals surface area contributed by atoms with Crippen molar-refractivity contribution >= 4 is 17.5 Å². The number of hydrogen-bond acceptors (Lipinski definition) is 2. The first-order valence-corrected chi connectivity index (χ1v) is 7.04. The van der Waals surface area contributed by atoms with Gasteiger partial charge in [-0.15, -0.1) is 0 Å². The van der Waals surface area contributed by atoms with Crippen LogP contribution in [0.4, 0.5) is 13.2 Å². The van der Waals surface area contributed by atoms with E-state index < -0.39 is 17.6 Å². The van der Waals surface area contributed by atoms with Crippen LogP contribution in [0.1, 0.15) is 11.1 Å². The molecular weight excluding hydrogens is 331 g/mol. The predicted octanol–water partition coefficient (Wildman–Crippen LogP) is 4.05. The quantitative estimate of drug-likeness (QED) is 0.889. The Morgan fingerprint density at radius 1 is 1.09 bits per heavy atom. The number of rotatable bonds is 5. The molecule has 1 amide bonds. The van der Waals surface area contributed by atoms with Gasteiger partial charge in [-0.3, -0.25) is 4.79 Å². The first-order chi connectivity index (χ1) is 10.9. The summed E-state index contributed by atoms with van der Waals surface area (Å²) in [6.07, 6.45) is -4.40. The number of halogens is 4. The van der Waals surface area contributed by atoms with Gasteiger partial charge in [0.25, 0.3) is 5.91 Å². The van der Waals surface area contributed by atoms with E-state index in [0.717, 1.165) is 17.7 Å². The molecule has 0 aliphatic rings. The Balaban J connectivity index is 1.81. The second kappa shape index (κ2) is 7.37. The third-order valence-electron chi connectivity index (χ3n) is 2.99. The predicted molar refractivity (Wildman–Crippen MR) is 80.2 cm³/mol. The molecule has 0 atom stereocenters. The summed E-state index contributed by atoms with van der Waals surface area (Å²) in [5.74, 6) is -0.212. The van der Waals surface area contributed by atoms with E-state index in [9.17, 15) is 18.0 Å². The lowest BCUT2D eigenvalue weighted by Gasteiger charge is -2.10. The summed E-state index contributed by atoms with van der Waals surface area (Å²) in [7, 11) is 0. The molecule has 2 rings (SSSR count). The van der Waals surface area contributed by atoms with Gasteiger partial charge in [-0.2, -0.15) is 13.2 Å². The number of hydrogen-bond donors (Lipinski definition) is 1. The van der Waals surface area contributed by atoms with Crippen molar-refractivity contribution in [3.8, 4) is 5.75 Å². The van der Waals surface area contributed by atoms with Gasteiger partial charge in [0.2, 0.25) is 0 Å². The zero-order valence-electron chi connectivity index (χ0n) is 11.9. The lowest BCUT2D eigenvalue weighted by Crippen LogP contribution is -2.28. The van der Waals surface area contributed by atoms with Crippen molar-refractivity contribution in [2.45, 2.75) is 12.7 Å². The van der Waals surface area contributed by atoms with Crippen LogP contribution in [-0.4, -0.2) is 12.5 Å². The van der Waals surface area contributed by atoms with Crippen LogP contribution >= 0.6 is 11.6 Å². The smallest absolute Gasteiger partial charge is 0.416 e. The Hall–Kier alpha value is -2.21. The van der Waals surface area contributed by atoms with Gasteiger partial charge in [0.1, 0.15) is 5.75 Å². The third-order valence-corrected chi connectivity index (χ3v) is 3.35. The highest BCUT2D eigenvalue weighted by molar-refractivity contribution is 6.31. The lowest BCUT2D eigenvalue weighted by molar-refractivity contribution is -0.137. The second-order valence-corrected chi connectivity index (χ2v) is 5.09. The zero-order valence-corrected chi connectivity index (χ0v) is 12.6. The molecule has 0 radical (unpaired) electrons. The molecule has 2 aromatic carbocycles. The average molecular weight is 344 g/mol. The van der Waals surface area contributed by atoms with Crippen molar-refractivity contribution in [3.63, 3.8) is 0 Å². The number of amides is 1. The summed E-state index contributed by atoms with van der Waals surface area (Å²) in [6, 6.07) is 11.2. The van der Waals surface area contributed by atoms with Crippen LogP contribution < -0.4 is 10.1 Å². The molecule has 7 heteroatoms. The molecule has 23 heavy (non-hydrogen) atoms. The van der Waals surface area contributed by atoms with Crippen LogP contribution in [0.2, 0.25) is 5.02 Å². The number of benzene rings is 2. The molecule has 122 valence electrons. The van der Waals surface area contributed by atoms with E-state index in [4.69, 9.17) is 16.3 Å². The Kier molecular flexibility index (Phi) is 5.50. The summed E-state index contributed by atoms with van der Waals surface area (Å²) in [4.78, 5) is 11.7. The van der Waals surface area contributed by atoms with Crippen LogP contribution in [-0.2, 0) is 17.5 Å². The van der Waals surface area contributed by atoms with E-state index in [1.165, 1.54) is 12.1 Å². The number of alkyl halides is 3. The van der Waals surface area contributed by atoms with Crippen molar-refractivity contribution in [3.05, 3.63) is 64.7 Å². The molecule has 3 nitrogen and oxygen atoms in total. The minimum Gasteiger partial charge on any atom is -0.484 e. The van der Waals surface area contributed by atoms with Crippen molar-refractivity contribution in [1.29, 1.82) is 0 Å². The largest absolute Gasteiger partial charge is 0.484 e. The first kappa shape index (κ1) is 17.1. The van der Waals surface area contributed by atoms with Gasteiger partial charge in [0.05, 0.1) is 5.56 Å². The summed E-state index contributed by atoms with van der Waals surface area (Å²) >= 11 is 5.96. The summed E-state index contributed by atoms with van der Waals surface area (Å²) < 4.78 is 42.4. The van der Waals surface area contributed by atoms with Crippen LogP contribution in [0.25, 0.3) is 0 Å². The van der Waals surface area contributed by atoms with Crippen molar-refractivity contribution < 1.29 is 22.7 Å². The molecule has 0 heterocycles. The molecule has 0 unspecified atom stereocenters. The molecule has 0 aliphatic carbocycles. The summed E-state index contributed by atoms with van der Waals surface area (Å²) in [6.45, 7) is -0.0509. The molecule has 0 bridgehead atoms. The molecular formula is C16H13ClF3NO2. The van der Waals surface area contributed by atoms with E-state index in [2.05, 4.69) is 5.32 Å². The standard InChI is InChI=1S/C16H13ClF3NO2/c17-14-4-2-1-3-11(14)9-21-15(22)10-23-13-7-5-12(6-8-13)16(18,19)20/h1-8H,9-10H2,(H,21,22). The topological polar surface area (TPSA) is 38.3 Å². The van der Waals surface area contributed by atoms with E-state index >= 15 is 0 Å². The molecule has 2 aromatic rings. The number of ether oxygens (including phenoxy) is 1. The lowest BCUT2D eigenvalue weighted by atomic mass is 10.2. The Morgan fingerprint density at radius 2 is 1.74 bits per heavy atom. The minimum atomic E-state index is -4.40. The highest BCUT2D eigenvalue weighted by Crippen LogP contribution is 2.30. The Labute approximate surface area is 136 Å². The highest BCUT2D eigenvalue weighted by Gasteiger charge is 2.30. The summed E-state index contributed by atoms with van der Waals surface area (Å²) in [5, 5.41) is 3.16. The number of carbonyl (C=O) groups excluding carboxylic acids is 1. The normalized spacial score (nSPS) is 11.1. The van der Waals surface area contributed by atoms with Gasteiger partial charge in [-0.1, -0.05) is 29.8 Å². The van der Waals surface area contributed by atoms with Gasteiger partial charge in [0, 0.05) is 11.6 Å². The first-order valence-electron chi connectivity index (χ1n) is 6.66. The maximum Gasteiger partial charge on any atom is 0.416 e. The van der Waals surface area contributed by atoms with Gasteiger partial charge < -0.3 is 10.1 Å². The molecule has 0 saturated carbocycles. The van der Waals surface area contributed by atoms with Crippen molar-refractivity contribution in [2.24, 2.45) is 0 Å². The van der Waals surface area contributed by atoms with Crippen LogP contribution in [0, 0.1) is 0 Å². The minimum absolute atomic E-state index is 0.186. The molecule has 0 fully saturated rings. The van der Waals surface area contributed by atoms with E-state index in [-0.39, 0.29) is 18.9 Å². The van der Waals surface area contributed by atoms with Crippen LogP contribution in [0.3, 0.4) is 0 Å². The van der Waals surface area contributed by atoms with Crippen LogP contribution in [0.5, 0.6) is 5.75 Å². The third kappa shape index (κ3) is 5.17. The average Bonchev–Trinajstić information content (AvgIpc) is 2.51. The molecule has 0 saturated heterocycles. The van der Waals surface area contributed by atoms with E-state index in [1.54, 1.807) is 24.3 Å². The fraction of sp³-hybridized carbons (Fsp3) is 0.188. The zero-order chi connectivity index (χ0) is 16.9. The highest BCUT2D eigenvalue weighted by atomic mass is 35.5. The molecule has 0 aromatic heterocycles. The van der Waals surface area contributed by atoms with Gasteiger partial charge in [-0.05, 0) is 35.9 Å². The fourth-order valence-corrected chi connectivity index (χ4v) is 1.98. The van der Waals surface area contributed by atoms with E-state index in [1.807, 2.05) is 0 Å². The molecule has 0 spiro atoms. The Bertz CT molecular complexity index is 672. The SMILES string of the molecule is O=C(COc1ccc(C(F)(F)F)cc1)NCc1ccccc1Cl. The van der Waals surface area contributed by atoms with Crippen molar-refractivity contribution in [2.75, 3.05) is 6.61 Å². The molecule has 0 aliphatic heterocycles. The maximum absolute atomic E-state index is 12.4. The second-order valence-electron chi connectivity index (χ2n) is 4.68. The molecule has 1 N–H and O–H groups in total. The summed E-state index contributed by atoms with van der Waals surface area (Å²) in [5.41, 5.74) is -0.00920. The maximum atomic E-state index is 12.4. The number of carbonyl (C=O) groups is 1. The van der Waals surface area contributed by atoms with Crippen LogP contribution in [0.15, 0.2) is 48.5 Å². The monoisotopic (exact) mass is 343 g/mol. The van der Waals surface area contributed by atoms with Gasteiger partial charge in [-0.25, -0.2) is 0 Å². The number of nitrogens with one attached hydrogen (secondary N) is 1. The van der Waals surface area contributed by atoms with E-state index in [0.29, 0.717) is 5.02 Å². The Morgan fingerprint density at radius 3 is 2.35 bits per heavy atom. The van der Waals surface area contributed by atoms with Gasteiger partial charge >= 0.3 is 6.18 Å². The van der Waals surface area contributed by atoms with Crippen molar-refractivity contribution in [1.82, 2.24) is 5.32 Å². The fourth-order valence-electron chi connectivity index (χ4n) is 1.78.